The summed E-state index contributed by atoms with van der Waals surface area (Å²) in [4.78, 5) is 0. The summed E-state index contributed by atoms with van der Waals surface area (Å²) in [5.74, 6) is -0.942. The molecule has 0 spiro atoms. The maximum absolute atomic E-state index is 13.7. The van der Waals surface area contributed by atoms with E-state index >= 15 is 0 Å². The van der Waals surface area contributed by atoms with Crippen LogP contribution in [0.25, 0.3) is 0 Å². The number of benzene rings is 1. The quantitative estimate of drug-likeness (QED) is 0.813. The summed E-state index contributed by atoms with van der Waals surface area (Å²) in [5, 5.41) is 0. The molecule has 0 aliphatic rings. The summed E-state index contributed by atoms with van der Waals surface area (Å²) < 4.78 is 52.5. The summed E-state index contributed by atoms with van der Waals surface area (Å²) in [6.45, 7) is 3.62. The number of anilines is 1. The number of nitrogens with zero attached hydrogens (tertiary/aromatic N) is 1. The Morgan fingerprint density at radius 3 is 2.05 bits per heavy atom. The van der Waals surface area contributed by atoms with Crippen LogP contribution in [-0.4, -0.2) is 4.68 Å². The van der Waals surface area contributed by atoms with Gasteiger partial charge in [-0.15, -0.1) is 0 Å². The van der Waals surface area contributed by atoms with Gasteiger partial charge in [0.25, 0.3) is 0 Å². The molecule has 0 atom stereocenters. The Morgan fingerprint density at radius 2 is 1.58 bits per heavy atom. The first-order valence-electron chi connectivity index (χ1n) is 5.58. The van der Waals surface area contributed by atoms with Gasteiger partial charge in [0.1, 0.15) is 5.82 Å². The van der Waals surface area contributed by atoms with Crippen LogP contribution in [-0.2, 0) is 6.18 Å². The highest BCUT2D eigenvalue weighted by Gasteiger charge is 2.31. The Morgan fingerprint density at radius 1 is 1.00 bits per heavy atom. The lowest BCUT2D eigenvalue weighted by molar-refractivity contribution is -0.137. The van der Waals surface area contributed by atoms with Crippen LogP contribution in [0.15, 0.2) is 30.3 Å². The number of aryl methyl sites for hydroxylation is 2. The second-order valence-corrected chi connectivity index (χ2v) is 4.26. The molecule has 0 amide bonds. The average Bonchev–Trinajstić information content (AvgIpc) is 2.62. The van der Waals surface area contributed by atoms with Gasteiger partial charge in [-0.2, -0.15) is 13.2 Å². The van der Waals surface area contributed by atoms with Gasteiger partial charge in [-0.05, 0) is 44.2 Å². The third kappa shape index (κ3) is 2.72. The first kappa shape index (κ1) is 13.5. The number of rotatable bonds is 2. The van der Waals surface area contributed by atoms with Crippen LogP contribution < -0.4 is 5.43 Å². The molecular formula is C13H12F4N2. The summed E-state index contributed by atoms with van der Waals surface area (Å²) in [5.41, 5.74) is 3.39. The highest BCUT2D eigenvalue weighted by atomic mass is 19.4. The fourth-order valence-corrected chi connectivity index (χ4v) is 1.75. The summed E-state index contributed by atoms with van der Waals surface area (Å²) in [6, 6.07) is 6.06. The molecule has 1 aromatic heterocycles. The average molecular weight is 272 g/mol. The minimum absolute atomic E-state index is 0.00426. The van der Waals surface area contributed by atoms with E-state index < -0.39 is 17.6 Å². The Labute approximate surface area is 107 Å². The zero-order chi connectivity index (χ0) is 14.2. The monoisotopic (exact) mass is 272 g/mol. The molecule has 0 radical (unpaired) electrons. The Kier molecular flexibility index (Phi) is 3.26. The molecule has 0 bridgehead atoms. The van der Waals surface area contributed by atoms with Gasteiger partial charge in [-0.1, -0.05) is 0 Å². The molecule has 0 saturated heterocycles. The zero-order valence-electron chi connectivity index (χ0n) is 10.3. The molecular weight excluding hydrogens is 260 g/mol. The Balaban J connectivity index is 2.33. The van der Waals surface area contributed by atoms with E-state index in [1.807, 2.05) is 26.0 Å². The lowest BCUT2D eigenvalue weighted by atomic mass is 10.2. The van der Waals surface area contributed by atoms with Crippen LogP contribution in [0.3, 0.4) is 0 Å². The smallest absolute Gasteiger partial charge is 0.291 e. The Hall–Kier alpha value is -1.98. The lowest BCUT2D eigenvalue weighted by Gasteiger charge is -2.14. The predicted molar refractivity (Wildman–Crippen MR) is 64.3 cm³/mol. The molecule has 2 nitrogen and oxygen atoms in total. The number of halogens is 4. The second kappa shape index (κ2) is 4.60. The van der Waals surface area contributed by atoms with Gasteiger partial charge in [0.2, 0.25) is 0 Å². The molecule has 0 saturated carbocycles. The van der Waals surface area contributed by atoms with Crippen LogP contribution in [0.4, 0.5) is 23.2 Å². The highest BCUT2D eigenvalue weighted by Crippen LogP contribution is 2.31. The number of hydrogen-bond acceptors (Lipinski definition) is 1. The standard InChI is InChI=1S/C13H12F4N2/c1-8-3-4-9(2)19(8)18-12-6-5-10(7-11(12)14)13(15,16)17/h3-7,18H,1-2H3. The van der Waals surface area contributed by atoms with Gasteiger partial charge in [-0.3, -0.25) is 10.1 Å². The second-order valence-electron chi connectivity index (χ2n) is 4.26. The van der Waals surface area contributed by atoms with E-state index in [1.165, 1.54) is 0 Å². The van der Waals surface area contributed by atoms with Crippen molar-refractivity contribution in [3.05, 3.63) is 53.1 Å². The van der Waals surface area contributed by atoms with E-state index in [-0.39, 0.29) is 5.69 Å². The van der Waals surface area contributed by atoms with Crippen LogP contribution >= 0.6 is 0 Å². The van der Waals surface area contributed by atoms with Crippen molar-refractivity contribution in [2.45, 2.75) is 20.0 Å². The molecule has 2 aromatic rings. The third-order valence-electron chi connectivity index (χ3n) is 2.80. The molecule has 1 N–H and O–H groups in total. The van der Waals surface area contributed by atoms with E-state index in [9.17, 15) is 17.6 Å². The van der Waals surface area contributed by atoms with E-state index in [0.717, 1.165) is 23.5 Å². The van der Waals surface area contributed by atoms with E-state index in [2.05, 4.69) is 5.43 Å². The van der Waals surface area contributed by atoms with Gasteiger partial charge in [-0.25, -0.2) is 4.39 Å². The number of alkyl halides is 3. The van der Waals surface area contributed by atoms with Crippen molar-refractivity contribution >= 4 is 5.69 Å². The van der Waals surface area contributed by atoms with Crippen molar-refractivity contribution in [1.82, 2.24) is 4.68 Å². The van der Waals surface area contributed by atoms with Gasteiger partial charge in [0.05, 0.1) is 11.3 Å². The molecule has 0 unspecified atom stereocenters. The van der Waals surface area contributed by atoms with Gasteiger partial charge < -0.3 is 0 Å². The van der Waals surface area contributed by atoms with E-state index in [0.29, 0.717) is 6.07 Å². The van der Waals surface area contributed by atoms with Crippen molar-refractivity contribution < 1.29 is 17.6 Å². The van der Waals surface area contributed by atoms with Crippen molar-refractivity contribution in [3.63, 3.8) is 0 Å². The fourth-order valence-electron chi connectivity index (χ4n) is 1.75. The first-order chi connectivity index (χ1) is 8.79. The zero-order valence-corrected chi connectivity index (χ0v) is 10.3. The molecule has 2 rings (SSSR count). The molecule has 1 heterocycles. The highest BCUT2D eigenvalue weighted by molar-refractivity contribution is 5.47. The number of nitrogens with one attached hydrogen (secondary N) is 1. The van der Waals surface area contributed by atoms with Crippen LogP contribution in [0.5, 0.6) is 0 Å². The van der Waals surface area contributed by atoms with E-state index in [1.54, 1.807) is 4.68 Å². The van der Waals surface area contributed by atoms with Crippen LogP contribution in [0.2, 0.25) is 0 Å². The lowest BCUT2D eigenvalue weighted by Crippen LogP contribution is -2.14. The first-order valence-corrected chi connectivity index (χ1v) is 5.58. The largest absolute Gasteiger partial charge is 0.416 e. The molecule has 19 heavy (non-hydrogen) atoms. The molecule has 6 heteroatoms. The minimum Gasteiger partial charge on any atom is -0.291 e. The molecule has 0 aliphatic carbocycles. The fraction of sp³-hybridized carbons (Fsp3) is 0.231. The topological polar surface area (TPSA) is 17.0 Å². The maximum Gasteiger partial charge on any atom is 0.416 e. The van der Waals surface area contributed by atoms with Gasteiger partial charge >= 0.3 is 6.18 Å². The van der Waals surface area contributed by atoms with Crippen molar-refractivity contribution in [2.75, 3.05) is 5.43 Å². The van der Waals surface area contributed by atoms with E-state index in [4.69, 9.17) is 0 Å². The van der Waals surface area contributed by atoms with Gasteiger partial charge in [0, 0.05) is 11.4 Å². The van der Waals surface area contributed by atoms with Crippen molar-refractivity contribution in [3.8, 4) is 0 Å². The molecule has 0 aliphatic heterocycles. The number of hydrogen-bond donors (Lipinski definition) is 1. The summed E-state index contributed by atoms with van der Waals surface area (Å²) in [7, 11) is 0. The Bertz CT molecular complexity index is 580. The SMILES string of the molecule is Cc1ccc(C)n1Nc1ccc(C(F)(F)F)cc1F. The summed E-state index contributed by atoms with van der Waals surface area (Å²) >= 11 is 0. The van der Waals surface area contributed by atoms with Crippen molar-refractivity contribution in [1.29, 1.82) is 0 Å². The normalized spacial score (nSPS) is 11.7. The minimum atomic E-state index is -4.54. The number of aromatic nitrogens is 1. The van der Waals surface area contributed by atoms with Crippen LogP contribution in [0, 0.1) is 19.7 Å². The van der Waals surface area contributed by atoms with Crippen molar-refractivity contribution in [2.24, 2.45) is 0 Å². The predicted octanol–water partition coefficient (Wildman–Crippen LogP) is 4.14. The molecule has 102 valence electrons. The third-order valence-corrected chi connectivity index (χ3v) is 2.80. The van der Waals surface area contributed by atoms with Gasteiger partial charge in [0.15, 0.2) is 0 Å². The van der Waals surface area contributed by atoms with Crippen LogP contribution in [0.1, 0.15) is 17.0 Å². The molecule has 1 aromatic carbocycles. The summed E-state index contributed by atoms with van der Waals surface area (Å²) in [6.07, 6.45) is -4.54. The molecule has 0 fully saturated rings. The maximum atomic E-state index is 13.7.